The summed E-state index contributed by atoms with van der Waals surface area (Å²) in [5.41, 5.74) is 4.00. The van der Waals surface area contributed by atoms with Crippen LogP contribution in [0.5, 0.6) is 0 Å². The van der Waals surface area contributed by atoms with Gasteiger partial charge in [0.2, 0.25) is 5.43 Å². The largest absolute Gasteiger partial charge is 0.340 e. The van der Waals surface area contributed by atoms with Crippen LogP contribution >= 0.6 is 0 Å². The number of hydrogen-bond acceptors (Lipinski definition) is 4. The van der Waals surface area contributed by atoms with Crippen molar-refractivity contribution in [1.29, 1.82) is 0 Å². The molecule has 0 atom stereocenters. The van der Waals surface area contributed by atoms with Crippen molar-refractivity contribution in [3.63, 3.8) is 0 Å². The Balaban J connectivity index is 1.89. The highest BCUT2D eigenvalue weighted by Gasteiger charge is 2.18. The Labute approximate surface area is 155 Å². The third-order valence-corrected chi connectivity index (χ3v) is 4.80. The average molecular weight is 358 g/mol. The van der Waals surface area contributed by atoms with Gasteiger partial charge in [0, 0.05) is 23.3 Å². The van der Waals surface area contributed by atoms with Crippen molar-refractivity contribution in [3.05, 3.63) is 93.0 Å². The molecule has 6 heteroatoms. The number of benzene rings is 2. The number of aromatic amines is 1. The van der Waals surface area contributed by atoms with Crippen LogP contribution < -0.4 is 5.43 Å². The van der Waals surface area contributed by atoms with Crippen molar-refractivity contribution >= 4 is 16.7 Å². The van der Waals surface area contributed by atoms with Gasteiger partial charge >= 0.3 is 0 Å². The van der Waals surface area contributed by atoms with Gasteiger partial charge in [0.1, 0.15) is 5.69 Å². The number of rotatable bonds is 4. The summed E-state index contributed by atoms with van der Waals surface area (Å²) in [5, 5.41) is 10.9. The zero-order valence-corrected chi connectivity index (χ0v) is 15.1. The molecule has 0 fully saturated rings. The molecule has 0 amide bonds. The van der Waals surface area contributed by atoms with E-state index in [1.165, 1.54) is 0 Å². The number of carbonyl (C=O) groups is 1. The molecule has 0 aliphatic carbocycles. The molecule has 0 aliphatic rings. The monoisotopic (exact) mass is 358 g/mol. The summed E-state index contributed by atoms with van der Waals surface area (Å²) in [7, 11) is 0. The summed E-state index contributed by atoms with van der Waals surface area (Å²) < 4.78 is 1.86. The van der Waals surface area contributed by atoms with Crippen LogP contribution in [0.1, 0.15) is 32.7 Å². The van der Waals surface area contributed by atoms with Gasteiger partial charge in [-0.15, -0.1) is 5.10 Å². The maximum Gasteiger partial charge on any atom is 0.200 e. The molecule has 2 aromatic carbocycles. The van der Waals surface area contributed by atoms with Crippen LogP contribution in [0.15, 0.2) is 59.7 Å². The van der Waals surface area contributed by atoms with Crippen molar-refractivity contribution in [3.8, 4) is 0 Å². The van der Waals surface area contributed by atoms with Gasteiger partial charge in [-0.05, 0) is 43.2 Å². The molecule has 134 valence electrons. The molecule has 2 heterocycles. The molecule has 1 N–H and O–H groups in total. The minimum absolute atomic E-state index is 0.153. The van der Waals surface area contributed by atoms with E-state index in [0.29, 0.717) is 23.2 Å². The number of ketones is 1. The highest BCUT2D eigenvalue weighted by molar-refractivity contribution is 6.10. The van der Waals surface area contributed by atoms with Gasteiger partial charge in [0.05, 0.1) is 17.6 Å². The summed E-state index contributed by atoms with van der Waals surface area (Å²) in [6.45, 7) is 4.35. The van der Waals surface area contributed by atoms with Gasteiger partial charge in [0.25, 0.3) is 0 Å². The Morgan fingerprint density at radius 2 is 1.93 bits per heavy atom. The second kappa shape index (κ2) is 6.64. The summed E-state index contributed by atoms with van der Waals surface area (Å²) in [6, 6.07) is 12.8. The Hall–Kier alpha value is -3.54. The zero-order chi connectivity index (χ0) is 19.0. The van der Waals surface area contributed by atoms with Crippen molar-refractivity contribution in [2.24, 2.45) is 0 Å². The molecule has 4 rings (SSSR count). The molecule has 0 saturated heterocycles. The lowest BCUT2D eigenvalue weighted by atomic mass is 9.99. The number of aromatic nitrogens is 4. The summed E-state index contributed by atoms with van der Waals surface area (Å²) in [4.78, 5) is 26.1. The second-order valence-corrected chi connectivity index (χ2v) is 6.61. The van der Waals surface area contributed by atoms with E-state index in [0.717, 1.165) is 16.6 Å². The lowest BCUT2D eigenvalue weighted by molar-refractivity contribution is 0.103. The Bertz CT molecular complexity index is 1210. The highest BCUT2D eigenvalue weighted by Crippen LogP contribution is 2.17. The first-order valence-electron chi connectivity index (χ1n) is 8.64. The smallest absolute Gasteiger partial charge is 0.200 e. The minimum atomic E-state index is -0.275. The van der Waals surface area contributed by atoms with Crippen LogP contribution in [-0.2, 0) is 6.54 Å². The molecule has 0 saturated carbocycles. The number of aryl methyl sites for hydroxylation is 2. The van der Waals surface area contributed by atoms with E-state index in [1.54, 1.807) is 30.6 Å². The third-order valence-electron chi connectivity index (χ3n) is 4.80. The maximum absolute atomic E-state index is 13.1. The SMILES string of the molecule is Cc1ccc(C(=O)c2cn(Cc3c[nH]nn3)c3ccccc3c2=O)cc1C. The molecular formula is C21H18N4O2. The summed E-state index contributed by atoms with van der Waals surface area (Å²) >= 11 is 0. The lowest BCUT2D eigenvalue weighted by Gasteiger charge is -2.12. The Morgan fingerprint density at radius 1 is 1.11 bits per heavy atom. The maximum atomic E-state index is 13.1. The quantitative estimate of drug-likeness (QED) is 0.569. The van der Waals surface area contributed by atoms with E-state index in [1.807, 2.05) is 42.7 Å². The fourth-order valence-electron chi connectivity index (χ4n) is 3.15. The molecule has 4 aromatic rings. The minimum Gasteiger partial charge on any atom is -0.340 e. The Morgan fingerprint density at radius 3 is 2.67 bits per heavy atom. The van der Waals surface area contributed by atoms with E-state index in [-0.39, 0.29) is 16.8 Å². The van der Waals surface area contributed by atoms with Crippen molar-refractivity contribution in [1.82, 2.24) is 20.0 Å². The molecule has 0 radical (unpaired) electrons. The van der Waals surface area contributed by atoms with Crippen molar-refractivity contribution in [2.75, 3.05) is 0 Å². The lowest BCUT2D eigenvalue weighted by Crippen LogP contribution is -2.20. The number of pyridine rings is 1. The van der Waals surface area contributed by atoms with E-state index in [9.17, 15) is 9.59 Å². The topological polar surface area (TPSA) is 80.6 Å². The van der Waals surface area contributed by atoms with Crippen LogP contribution in [0, 0.1) is 13.8 Å². The van der Waals surface area contributed by atoms with E-state index in [4.69, 9.17) is 0 Å². The summed E-state index contributed by atoms with van der Waals surface area (Å²) in [6.07, 6.45) is 3.31. The number of nitrogens with one attached hydrogen (secondary N) is 1. The molecule has 0 aliphatic heterocycles. The molecule has 0 bridgehead atoms. The van der Waals surface area contributed by atoms with Gasteiger partial charge in [-0.3, -0.25) is 14.7 Å². The van der Waals surface area contributed by atoms with Gasteiger partial charge in [-0.2, -0.15) is 0 Å². The predicted molar refractivity (Wildman–Crippen MR) is 103 cm³/mol. The molecule has 0 spiro atoms. The first-order valence-corrected chi connectivity index (χ1v) is 8.64. The molecule has 2 aromatic heterocycles. The standard InChI is InChI=1S/C21H18N4O2/c1-13-7-8-15(9-14(13)2)20(26)18-12-25(11-16-10-22-24-23-16)19-6-4-3-5-17(19)21(18)27/h3-10,12H,11H2,1-2H3,(H,22,23,24). The number of H-pyrrole nitrogens is 1. The first-order chi connectivity index (χ1) is 13.0. The summed E-state index contributed by atoms with van der Waals surface area (Å²) in [5.74, 6) is -0.275. The zero-order valence-electron chi connectivity index (χ0n) is 15.1. The predicted octanol–water partition coefficient (Wildman–Crippen LogP) is 3.02. The average Bonchev–Trinajstić information content (AvgIpc) is 3.19. The van der Waals surface area contributed by atoms with Gasteiger partial charge in [0.15, 0.2) is 5.78 Å². The fraction of sp³-hybridized carbons (Fsp3) is 0.143. The van der Waals surface area contributed by atoms with Crippen molar-refractivity contribution < 1.29 is 4.79 Å². The molecule has 27 heavy (non-hydrogen) atoms. The van der Waals surface area contributed by atoms with Gasteiger partial charge in [-0.1, -0.05) is 29.5 Å². The van der Waals surface area contributed by atoms with Crippen LogP contribution in [0.4, 0.5) is 0 Å². The number of nitrogens with zero attached hydrogens (tertiary/aromatic N) is 3. The third kappa shape index (κ3) is 3.06. The van der Waals surface area contributed by atoms with Crippen LogP contribution in [0.3, 0.4) is 0 Å². The number of fused-ring (bicyclic) bond motifs is 1. The number of hydrogen-bond donors (Lipinski definition) is 1. The first kappa shape index (κ1) is 16.9. The number of para-hydroxylation sites is 1. The molecular weight excluding hydrogens is 340 g/mol. The van der Waals surface area contributed by atoms with Crippen LogP contribution in [0.25, 0.3) is 10.9 Å². The number of carbonyl (C=O) groups excluding carboxylic acids is 1. The van der Waals surface area contributed by atoms with Crippen molar-refractivity contribution in [2.45, 2.75) is 20.4 Å². The molecule has 6 nitrogen and oxygen atoms in total. The Kier molecular flexibility index (Phi) is 4.16. The highest BCUT2D eigenvalue weighted by atomic mass is 16.1. The molecule has 0 unspecified atom stereocenters. The van der Waals surface area contributed by atoms with Crippen LogP contribution in [0.2, 0.25) is 0 Å². The second-order valence-electron chi connectivity index (χ2n) is 6.61. The fourth-order valence-corrected chi connectivity index (χ4v) is 3.15. The van der Waals surface area contributed by atoms with E-state index >= 15 is 0 Å². The van der Waals surface area contributed by atoms with E-state index in [2.05, 4.69) is 15.4 Å². The van der Waals surface area contributed by atoms with Gasteiger partial charge < -0.3 is 4.57 Å². The van der Waals surface area contributed by atoms with E-state index < -0.39 is 0 Å². The van der Waals surface area contributed by atoms with Gasteiger partial charge in [-0.25, -0.2) is 0 Å². The van der Waals surface area contributed by atoms with Crippen LogP contribution in [-0.4, -0.2) is 25.8 Å². The normalized spacial score (nSPS) is 11.0.